The van der Waals surface area contributed by atoms with Crippen LogP contribution in [0.25, 0.3) is 16.3 Å². The van der Waals surface area contributed by atoms with Gasteiger partial charge in [-0.15, -0.1) is 11.3 Å². The zero-order valence-corrected chi connectivity index (χ0v) is 19.4. The molecular weight excluding hydrogens is 463 g/mol. The Kier molecular flexibility index (Phi) is 6.76. The fraction of sp³-hybridized carbons (Fsp3) is 0.130. The van der Waals surface area contributed by atoms with Crippen molar-refractivity contribution in [2.24, 2.45) is 0 Å². The molecule has 0 saturated carbocycles. The first-order chi connectivity index (χ1) is 15.9. The highest BCUT2D eigenvalue weighted by molar-refractivity contribution is 7.22. The maximum absolute atomic E-state index is 14.2. The van der Waals surface area contributed by atoms with Crippen molar-refractivity contribution in [1.82, 2.24) is 9.97 Å². The molecule has 0 unspecified atom stereocenters. The van der Waals surface area contributed by atoms with Crippen molar-refractivity contribution in [2.75, 3.05) is 16.8 Å². The largest absolute Gasteiger partial charge is 0.494 e. The fourth-order valence-corrected chi connectivity index (χ4v) is 4.76. The van der Waals surface area contributed by atoms with Crippen LogP contribution in [0, 0.1) is 5.82 Å². The lowest BCUT2D eigenvalue weighted by Gasteiger charge is -2.18. The van der Waals surface area contributed by atoms with E-state index in [-0.39, 0.29) is 17.5 Å². The van der Waals surface area contributed by atoms with E-state index in [1.54, 1.807) is 17.5 Å². The zero-order chi connectivity index (χ0) is 23.4. The monoisotopic (exact) mass is 482 g/mol. The second-order valence-electron chi connectivity index (χ2n) is 6.76. The van der Waals surface area contributed by atoms with Gasteiger partial charge in [0.05, 0.1) is 28.2 Å². The van der Waals surface area contributed by atoms with E-state index in [0.29, 0.717) is 22.6 Å². The van der Waals surface area contributed by atoms with E-state index in [1.807, 2.05) is 25.1 Å². The van der Waals surface area contributed by atoms with Gasteiger partial charge in [0.1, 0.15) is 11.6 Å². The topological polar surface area (TPSA) is 84.4 Å². The van der Waals surface area contributed by atoms with Gasteiger partial charge in [-0.25, -0.2) is 14.4 Å². The number of hydrogen-bond donors (Lipinski definition) is 1. The molecule has 4 aromatic rings. The number of halogens is 1. The number of carbonyl (C=O) groups is 2. The van der Waals surface area contributed by atoms with Gasteiger partial charge >= 0.3 is 0 Å². The van der Waals surface area contributed by atoms with Crippen molar-refractivity contribution in [3.05, 3.63) is 65.4 Å². The second-order valence-corrected chi connectivity index (χ2v) is 8.63. The van der Waals surface area contributed by atoms with Crippen molar-refractivity contribution in [3.8, 4) is 5.75 Å². The summed E-state index contributed by atoms with van der Waals surface area (Å²) < 4.78 is 20.6. The fourth-order valence-electron chi connectivity index (χ4n) is 3.02. The van der Waals surface area contributed by atoms with Gasteiger partial charge in [-0.05, 0) is 43.3 Å². The molecule has 2 heterocycles. The van der Waals surface area contributed by atoms with Crippen molar-refractivity contribution in [2.45, 2.75) is 13.8 Å². The number of hydrogen-bond acceptors (Lipinski definition) is 7. The van der Waals surface area contributed by atoms with Gasteiger partial charge < -0.3 is 4.74 Å². The number of aromatic nitrogens is 2. The number of rotatable bonds is 7. The molecule has 1 N–H and O–H groups in total. The second kappa shape index (κ2) is 9.88. The third kappa shape index (κ3) is 5.24. The first-order valence-electron chi connectivity index (χ1n) is 9.98. The Bertz CT molecular complexity index is 1350. The molecule has 2 aromatic heterocycles. The summed E-state index contributed by atoms with van der Waals surface area (Å²) in [6.45, 7) is 3.82. The smallest absolute Gasteiger partial charge is 0.250 e. The van der Waals surface area contributed by atoms with Crippen LogP contribution in [0.3, 0.4) is 0 Å². The Labute approximate surface area is 197 Å². The van der Waals surface area contributed by atoms with E-state index < -0.39 is 5.82 Å². The predicted octanol–water partition coefficient (Wildman–Crippen LogP) is 5.63. The van der Waals surface area contributed by atoms with E-state index in [9.17, 15) is 14.0 Å². The van der Waals surface area contributed by atoms with Gasteiger partial charge in [0.2, 0.25) is 11.8 Å². The SMILES string of the molecule is CCOc1ccc2nc(NC(=O)C=Cc3csc(N(C(C)=O)c4ccccc4F)n3)sc2c1. The van der Waals surface area contributed by atoms with Crippen LogP contribution in [0.2, 0.25) is 0 Å². The number of ether oxygens (including phenoxy) is 1. The molecule has 0 aliphatic carbocycles. The summed E-state index contributed by atoms with van der Waals surface area (Å²) in [6.07, 6.45) is 2.85. The van der Waals surface area contributed by atoms with E-state index >= 15 is 0 Å². The van der Waals surface area contributed by atoms with Crippen molar-refractivity contribution >= 4 is 66.7 Å². The average Bonchev–Trinajstić information content (AvgIpc) is 3.40. The number of thiazole rings is 2. The van der Waals surface area contributed by atoms with Gasteiger partial charge in [-0.1, -0.05) is 23.5 Å². The molecule has 168 valence electrons. The predicted molar refractivity (Wildman–Crippen MR) is 130 cm³/mol. The summed E-state index contributed by atoms with van der Waals surface area (Å²) in [4.78, 5) is 34.4. The lowest BCUT2D eigenvalue weighted by Crippen LogP contribution is -2.23. The van der Waals surface area contributed by atoms with Crippen LogP contribution in [0.5, 0.6) is 5.75 Å². The molecule has 2 aromatic carbocycles. The van der Waals surface area contributed by atoms with E-state index in [1.165, 1.54) is 58.8 Å². The number of benzene rings is 2. The normalized spacial score (nSPS) is 11.1. The van der Waals surface area contributed by atoms with Gasteiger partial charge in [0.15, 0.2) is 10.3 Å². The molecular formula is C23H19FN4O3S2. The highest BCUT2D eigenvalue weighted by Crippen LogP contribution is 2.31. The molecule has 7 nitrogen and oxygen atoms in total. The van der Waals surface area contributed by atoms with Crippen molar-refractivity contribution < 1.29 is 18.7 Å². The lowest BCUT2D eigenvalue weighted by molar-refractivity contribution is -0.116. The number of carbonyl (C=O) groups excluding carboxylic acids is 2. The minimum atomic E-state index is -0.524. The molecule has 0 spiro atoms. The quantitative estimate of drug-likeness (QED) is 0.345. The Morgan fingerprint density at radius 3 is 2.79 bits per heavy atom. The number of anilines is 3. The first-order valence-corrected chi connectivity index (χ1v) is 11.7. The summed E-state index contributed by atoms with van der Waals surface area (Å²) in [5.74, 6) is -0.512. The zero-order valence-electron chi connectivity index (χ0n) is 17.7. The highest BCUT2D eigenvalue weighted by Gasteiger charge is 2.20. The highest BCUT2D eigenvalue weighted by atomic mass is 32.1. The van der Waals surface area contributed by atoms with Crippen molar-refractivity contribution in [3.63, 3.8) is 0 Å². The number of para-hydroxylation sites is 1. The van der Waals surface area contributed by atoms with Crippen molar-refractivity contribution in [1.29, 1.82) is 0 Å². The Morgan fingerprint density at radius 2 is 2.03 bits per heavy atom. The summed E-state index contributed by atoms with van der Waals surface area (Å²) in [6, 6.07) is 11.6. The molecule has 0 atom stereocenters. The Morgan fingerprint density at radius 1 is 1.21 bits per heavy atom. The minimum absolute atomic E-state index is 0.121. The molecule has 0 aliphatic rings. The van der Waals surface area contributed by atoms with E-state index in [0.717, 1.165) is 16.0 Å². The minimum Gasteiger partial charge on any atom is -0.494 e. The maximum atomic E-state index is 14.2. The number of fused-ring (bicyclic) bond motifs is 1. The van der Waals surface area contributed by atoms with Gasteiger partial charge in [0, 0.05) is 18.4 Å². The van der Waals surface area contributed by atoms with Gasteiger partial charge in [0.25, 0.3) is 0 Å². The molecule has 0 bridgehead atoms. The molecule has 0 fully saturated rings. The van der Waals surface area contributed by atoms with Crippen LogP contribution in [0.15, 0.2) is 53.9 Å². The maximum Gasteiger partial charge on any atom is 0.250 e. The van der Waals surface area contributed by atoms with Crippen LogP contribution in [0.1, 0.15) is 19.5 Å². The molecule has 2 amide bonds. The van der Waals surface area contributed by atoms with Gasteiger partial charge in [-0.3, -0.25) is 19.8 Å². The molecule has 0 saturated heterocycles. The Balaban J connectivity index is 1.46. The number of amides is 2. The molecule has 10 heteroatoms. The number of nitrogens with zero attached hydrogens (tertiary/aromatic N) is 3. The third-order valence-electron chi connectivity index (χ3n) is 4.42. The molecule has 33 heavy (non-hydrogen) atoms. The van der Waals surface area contributed by atoms with Gasteiger partial charge in [-0.2, -0.15) is 0 Å². The molecule has 0 aliphatic heterocycles. The summed E-state index contributed by atoms with van der Waals surface area (Å²) in [5.41, 5.74) is 1.36. The summed E-state index contributed by atoms with van der Waals surface area (Å²) in [5, 5.41) is 5.20. The van der Waals surface area contributed by atoms with Crippen LogP contribution in [-0.4, -0.2) is 28.4 Å². The van der Waals surface area contributed by atoms with E-state index in [4.69, 9.17) is 4.74 Å². The first kappa shape index (κ1) is 22.6. The standard InChI is InChI=1S/C23H19FN4O3S2/c1-3-31-16-9-10-18-20(12-16)33-22(26-18)27-21(30)11-8-15-13-32-23(25-15)28(14(2)29)19-7-5-4-6-17(19)24/h4-13H,3H2,1-2H3,(H,26,27,30). The summed E-state index contributed by atoms with van der Waals surface area (Å²) >= 11 is 2.52. The number of nitrogens with one attached hydrogen (secondary N) is 1. The molecule has 4 rings (SSSR count). The van der Waals surface area contributed by atoms with Crippen LogP contribution in [0.4, 0.5) is 20.3 Å². The van der Waals surface area contributed by atoms with Crippen LogP contribution < -0.4 is 15.0 Å². The van der Waals surface area contributed by atoms with Crippen LogP contribution >= 0.6 is 22.7 Å². The molecule has 0 radical (unpaired) electrons. The average molecular weight is 483 g/mol. The lowest BCUT2D eigenvalue weighted by atomic mass is 10.3. The van der Waals surface area contributed by atoms with E-state index in [2.05, 4.69) is 15.3 Å². The summed E-state index contributed by atoms with van der Waals surface area (Å²) in [7, 11) is 0. The third-order valence-corrected chi connectivity index (χ3v) is 6.19. The van der Waals surface area contributed by atoms with Crippen LogP contribution in [-0.2, 0) is 9.59 Å². The Hall–Kier alpha value is -3.63.